The molecule has 4 aromatic carbocycles. The Hall–Kier alpha value is -5.27. The third-order valence-electron chi connectivity index (χ3n) is 7.69. The first kappa shape index (κ1) is 36.0. The first-order valence-electron chi connectivity index (χ1n) is 16.0. The van der Waals surface area contributed by atoms with E-state index in [1.165, 1.54) is 7.11 Å². The lowest BCUT2D eigenvalue weighted by molar-refractivity contribution is -0.136. The number of ether oxygens (including phenoxy) is 5. The molecule has 5 rings (SSSR count). The molecule has 50 heavy (non-hydrogen) atoms. The summed E-state index contributed by atoms with van der Waals surface area (Å²) < 4.78 is 29.4. The maximum Gasteiger partial charge on any atom is 0.337 e. The van der Waals surface area contributed by atoms with Crippen LogP contribution < -0.4 is 35.0 Å². The first-order valence-corrected chi connectivity index (χ1v) is 16.8. The number of aliphatic hydroxyl groups excluding tert-OH is 1. The second kappa shape index (κ2) is 16.9. The van der Waals surface area contributed by atoms with Crippen LogP contribution in [0.25, 0.3) is 10.8 Å². The highest BCUT2D eigenvalue weighted by molar-refractivity contribution is 9.10. The molecule has 4 N–H and O–H groups in total. The Morgan fingerprint density at radius 2 is 1.74 bits per heavy atom. The number of fused-ring (bicyclic) bond motifs is 1. The van der Waals surface area contributed by atoms with Crippen molar-refractivity contribution in [1.29, 1.82) is 0 Å². The number of carbonyl (C=O) groups is 2. The Bertz CT molecular complexity index is 1910. The molecule has 0 saturated carbocycles. The van der Waals surface area contributed by atoms with Crippen LogP contribution in [0.1, 0.15) is 43.5 Å². The molecule has 1 aliphatic rings. The summed E-state index contributed by atoms with van der Waals surface area (Å²) in [6.45, 7) is 6.30. The number of benzene rings is 4. The number of halogens is 1. The van der Waals surface area contributed by atoms with Gasteiger partial charge in [-0.25, -0.2) is 9.59 Å². The molecule has 12 nitrogen and oxygen atoms in total. The monoisotopic (exact) mass is 746 g/mol. The number of urea groups is 1. The normalized spacial score (nSPS) is 14.9. The highest BCUT2D eigenvalue weighted by Gasteiger charge is 2.32. The number of amides is 2. The smallest absolute Gasteiger partial charge is 0.337 e. The molecule has 0 fully saturated rings. The van der Waals surface area contributed by atoms with Crippen molar-refractivity contribution in [2.45, 2.75) is 39.6 Å². The van der Waals surface area contributed by atoms with Crippen LogP contribution in [0, 0.1) is 0 Å². The van der Waals surface area contributed by atoms with E-state index in [-0.39, 0.29) is 12.2 Å². The third kappa shape index (κ3) is 8.65. The molecule has 4 aromatic rings. The zero-order valence-corrected chi connectivity index (χ0v) is 29.7. The molecule has 0 unspecified atom stereocenters. The van der Waals surface area contributed by atoms with Gasteiger partial charge in [0.25, 0.3) is 0 Å². The van der Waals surface area contributed by atoms with Crippen molar-refractivity contribution in [1.82, 2.24) is 16.1 Å². The number of hydrazone groups is 1. The van der Waals surface area contributed by atoms with E-state index in [4.69, 9.17) is 23.7 Å². The van der Waals surface area contributed by atoms with Crippen LogP contribution in [0.4, 0.5) is 4.79 Å². The molecule has 0 radical (unpaired) electrons. The number of nitrogens with zero attached hydrogens (tertiary/aromatic N) is 1. The molecule has 2 atom stereocenters. The molecular weight excluding hydrogens is 708 g/mol. The minimum atomic E-state index is -1.17. The zero-order chi connectivity index (χ0) is 35.6. The Morgan fingerprint density at radius 1 is 0.980 bits per heavy atom. The van der Waals surface area contributed by atoms with Crippen LogP contribution in [0.5, 0.6) is 23.0 Å². The first-order chi connectivity index (χ1) is 24.2. The number of carbonyl (C=O) groups excluding carboxylic acids is 2. The minimum absolute atomic E-state index is 0.165. The van der Waals surface area contributed by atoms with Gasteiger partial charge in [0, 0.05) is 5.70 Å². The van der Waals surface area contributed by atoms with E-state index in [0.29, 0.717) is 64.1 Å². The van der Waals surface area contributed by atoms with E-state index in [1.54, 1.807) is 31.3 Å². The second-order valence-corrected chi connectivity index (χ2v) is 12.0. The van der Waals surface area contributed by atoms with Gasteiger partial charge in [0.15, 0.2) is 29.2 Å². The molecule has 13 heteroatoms. The third-order valence-corrected chi connectivity index (χ3v) is 8.28. The van der Waals surface area contributed by atoms with E-state index in [2.05, 4.69) is 55.3 Å². The summed E-state index contributed by atoms with van der Waals surface area (Å²) in [7, 11) is 1.28. The Morgan fingerprint density at radius 3 is 2.52 bits per heavy atom. The van der Waals surface area contributed by atoms with Gasteiger partial charge < -0.3 is 39.4 Å². The number of hydrogen-bond donors (Lipinski definition) is 4. The second-order valence-electron chi connectivity index (χ2n) is 11.1. The number of methoxy groups -OCH3 is 1. The van der Waals surface area contributed by atoms with Gasteiger partial charge in [-0.05, 0) is 88.4 Å². The molecule has 0 aromatic heterocycles. The predicted octanol–water partition coefficient (Wildman–Crippen LogP) is 6.10. The molecule has 0 spiro atoms. The average molecular weight is 748 g/mol. The standard InChI is InChI=1S/C37H39BrN4O8/c1-5-47-30-18-25(34-33(36(44)46-4)22(3)40-37(45)41-34)14-15-29(30)49-21-32(43)42-39-19-23-16-28(38)35(31(17-23)48-6-2)50-20-26-12-9-11-24-10-7-8-13-27(24)26/h7-19,32,34,42-43H,5-6,20-21H2,1-4H3,(H2,40,41,45)/b39-19+/t32-,34-/m1/s1. The van der Waals surface area contributed by atoms with Gasteiger partial charge in [0.2, 0.25) is 0 Å². The molecule has 262 valence electrons. The van der Waals surface area contributed by atoms with Crippen molar-refractivity contribution in [2.75, 3.05) is 26.9 Å². The van der Waals surface area contributed by atoms with Gasteiger partial charge in [-0.2, -0.15) is 5.10 Å². The number of esters is 1. The van der Waals surface area contributed by atoms with Gasteiger partial charge in [-0.3, -0.25) is 5.43 Å². The summed E-state index contributed by atoms with van der Waals surface area (Å²) in [5.74, 6) is 1.27. The number of hydrogen-bond acceptors (Lipinski definition) is 10. The fraction of sp³-hybridized carbons (Fsp3) is 0.270. The lowest BCUT2D eigenvalue weighted by Crippen LogP contribution is -2.45. The van der Waals surface area contributed by atoms with Crippen molar-refractivity contribution in [2.24, 2.45) is 5.10 Å². The lowest BCUT2D eigenvalue weighted by atomic mass is 9.95. The van der Waals surface area contributed by atoms with Crippen LogP contribution in [0.15, 0.2) is 93.6 Å². The summed E-state index contributed by atoms with van der Waals surface area (Å²) in [4.78, 5) is 24.7. The summed E-state index contributed by atoms with van der Waals surface area (Å²) in [5.41, 5.74) is 5.66. The molecule has 2 amide bonds. The summed E-state index contributed by atoms with van der Waals surface area (Å²) in [6, 6.07) is 21.8. The highest BCUT2D eigenvalue weighted by atomic mass is 79.9. The van der Waals surface area contributed by atoms with Crippen molar-refractivity contribution >= 4 is 44.9 Å². The number of aliphatic hydroxyl groups is 1. The van der Waals surface area contributed by atoms with Crippen LogP contribution in [-0.2, 0) is 16.1 Å². The van der Waals surface area contributed by atoms with E-state index in [9.17, 15) is 14.7 Å². The maximum absolute atomic E-state index is 12.5. The molecule has 0 bridgehead atoms. The maximum atomic E-state index is 12.5. The fourth-order valence-electron chi connectivity index (χ4n) is 5.45. The highest BCUT2D eigenvalue weighted by Crippen LogP contribution is 2.38. The van der Waals surface area contributed by atoms with Gasteiger partial charge in [-0.15, -0.1) is 0 Å². The quantitative estimate of drug-likeness (QED) is 0.0490. The fourth-order valence-corrected chi connectivity index (χ4v) is 6.03. The zero-order valence-electron chi connectivity index (χ0n) is 28.1. The van der Waals surface area contributed by atoms with Crippen molar-refractivity contribution in [3.8, 4) is 23.0 Å². The number of nitrogens with one attached hydrogen (secondary N) is 3. The average Bonchev–Trinajstić information content (AvgIpc) is 3.10. The lowest BCUT2D eigenvalue weighted by Gasteiger charge is -2.28. The van der Waals surface area contributed by atoms with E-state index >= 15 is 0 Å². The van der Waals surface area contributed by atoms with Gasteiger partial charge >= 0.3 is 12.0 Å². The number of rotatable bonds is 15. The Labute approximate surface area is 298 Å². The molecule has 0 aliphatic carbocycles. The molecule has 1 aliphatic heterocycles. The van der Waals surface area contributed by atoms with Crippen molar-refractivity contribution in [3.05, 3.63) is 105 Å². The van der Waals surface area contributed by atoms with Crippen LogP contribution in [0.3, 0.4) is 0 Å². The predicted molar refractivity (Wildman–Crippen MR) is 193 cm³/mol. The van der Waals surface area contributed by atoms with Crippen molar-refractivity contribution < 1.29 is 38.4 Å². The van der Waals surface area contributed by atoms with Crippen molar-refractivity contribution in [3.63, 3.8) is 0 Å². The van der Waals surface area contributed by atoms with Gasteiger partial charge in [-0.1, -0.05) is 48.5 Å². The van der Waals surface area contributed by atoms with Crippen LogP contribution in [-0.4, -0.2) is 56.5 Å². The molecule has 0 saturated heterocycles. The Kier molecular flexibility index (Phi) is 12.2. The van der Waals surface area contributed by atoms with E-state index in [1.807, 2.05) is 50.2 Å². The van der Waals surface area contributed by atoms with Crippen LogP contribution in [0.2, 0.25) is 0 Å². The largest absolute Gasteiger partial charge is 0.490 e. The molecule has 1 heterocycles. The van der Waals surface area contributed by atoms with E-state index < -0.39 is 24.3 Å². The van der Waals surface area contributed by atoms with Crippen LogP contribution >= 0.6 is 15.9 Å². The van der Waals surface area contributed by atoms with Gasteiger partial charge in [0.05, 0.1) is 42.6 Å². The minimum Gasteiger partial charge on any atom is -0.490 e. The van der Waals surface area contributed by atoms with E-state index in [0.717, 1.165) is 16.3 Å². The summed E-state index contributed by atoms with van der Waals surface area (Å²) in [6.07, 6.45) is 0.381. The summed E-state index contributed by atoms with van der Waals surface area (Å²) >= 11 is 3.62. The summed E-state index contributed by atoms with van der Waals surface area (Å²) in [5, 5.41) is 22.4. The number of allylic oxidation sites excluding steroid dienone is 1. The molecular formula is C37H39BrN4O8. The van der Waals surface area contributed by atoms with Gasteiger partial charge in [0.1, 0.15) is 13.2 Å². The topological polar surface area (TPSA) is 149 Å². The SMILES string of the molecule is CCOc1cc([C@H]2NC(=O)NC(C)=C2C(=O)OC)ccc1OC[C@@H](O)N/N=C/c1cc(Br)c(OCc2cccc3ccccc23)c(OCC)c1. The Balaban J connectivity index is 1.23.